The van der Waals surface area contributed by atoms with Crippen molar-refractivity contribution in [2.24, 2.45) is 0 Å². The van der Waals surface area contributed by atoms with Crippen molar-refractivity contribution >= 4 is 40.3 Å². The minimum absolute atomic E-state index is 0.243. The molecule has 2 aromatic carbocycles. The standard InChI is InChI=1S/C26H25F3N4OS2/c1-2-12-30-25(35)33-13-10-17(11-14-33)24-32-22(16-36-24)23(34)31-21-9-4-3-8-20(21)18-6-5-7-19(15-18)26(27,28)29/h2-9,15-17H,1,10-14H2,(H,30,35)(H,31,34). The highest BCUT2D eigenvalue weighted by Crippen LogP contribution is 2.35. The largest absolute Gasteiger partial charge is 0.416 e. The zero-order chi connectivity index (χ0) is 25.7. The molecule has 1 aliphatic rings. The number of hydrogen-bond donors (Lipinski definition) is 2. The van der Waals surface area contributed by atoms with Gasteiger partial charge in [-0.2, -0.15) is 13.2 Å². The number of aromatic nitrogens is 1. The van der Waals surface area contributed by atoms with Crippen LogP contribution in [0, 0.1) is 0 Å². The van der Waals surface area contributed by atoms with E-state index in [1.807, 2.05) is 0 Å². The number of anilines is 1. The lowest BCUT2D eigenvalue weighted by atomic mass is 9.98. The van der Waals surface area contributed by atoms with Gasteiger partial charge in [0.1, 0.15) is 5.69 Å². The molecule has 1 aliphatic heterocycles. The van der Waals surface area contributed by atoms with E-state index in [1.54, 1.807) is 41.8 Å². The number of para-hydroxylation sites is 1. The van der Waals surface area contributed by atoms with Crippen LogP contribution < -0.4 is 10.6 Å². The summed E-state index contributed by atoms with van der Waals surface area (Å²) in [5.41, 5.74) is 0.839. The first-order valence-electron chi connectivity index (χ1n) is 11.4. The van der Waals surface area contributed by atoms with E-state index >= 15 is 0 Å². The second-order valence-electron chi connectivity index (χ2n) is 8.39. The van der Waals surface area contributed by atoms with Gasteiger partial charge < -0.3 is 15.5 Å². The molecule has 1 saturated heterocycles. The molecule has 1 amide bonds. The highest BCUT2D eigenvalue weighted by atomic mass is 32.1. The molecular formula is C26H25F3N4OS2. The lowest BCUT2D eigenvalue weighted by molar-refractivity contribution is -0.137. The van der Waals surface area contributed by atoms with Crippen LogP contribution in [0.25, 0.3) is 11.1 Å². The van der Waals surface area contributed by atoms with Crippen LogP contribution in [0.3, 0.4) is 0 Å². The fourth-order valence-electron chi connectivity index (χ4n) is 4.07. The van der Waals surface area contributed by atoms with Crippen molar-refractivity contribution in [2.45, 2.75) is 24.9 Å². The van der Waals surface area contributed by atoms with E-state index < -0.39 is 17.6 Å². The van der Waals surface area contributed by atoms with Crippen molar-refractivity contribution in [1.82, 2.24) is 15.2 Å². The van der Waals surface area contributed by atoms with Gasteiger partial charge in [0.15, 0.2) is 5.11 Å². The van der Waals surface area contributed by atoms with Crippen LogP contribution in [0.4, 0.5) is 18.9 Å². The SMILES string of the molecule is C=CCNC(=S)N1CCC(c2nc(C(=O)Nc3ccccc3-c3cccc(C(F)(F)F)c3)cs2)CC1. The molecule has 0 aliphatic carbocycles. The number of hydrogen-bond acceptors (Lipinski definition) is 4. The highest BCUT2D eigenvalue weighted by Gasteiger charge is 2.30. The van der Waals surface area contributed by atoms with Gasteiger partial charge in [0.25, 0.3) is 5.91 Å². The fourth-order valence-corrected chi connectivity index (χ4v) is 5.31. The van der Waals surface area contributed by atoms with Crippen LogP contribution >= 0.6 is 23.6 Å². The van der Waals surface area contributed by atoms with E-state index in [9.17, 15) is 18.0 Å². The Morgan fingerprint density at radius 1 is 1.19 bits per heavy atom. The van der Waals surface area contributed by atoms with E-state index in [4.69, 9.17) is 12.2 Å². The van der Waals surface area contributed by atoms with Crippen LogP contribution in [0.5, 0.6) is 0 Å². The monoisotopic (exact) mass is 530 g/mol. The first kappa shape index (κ1) is 25.8. The Morgan fingerprint density at radius 2 is 1.94 bits per heavy atom. The number of likely N-dealkylation sites (tertiary alicyclic amines) is 1. The molecule has 0 atom stereocenters. The molecule has 0 unspecified atom stereocenters. The third-order valence-corrected chi connectivity index (χ3v) is 7.37. The minimum Gasteiger partial charge on any atom is -0.359 e. The Hall–Kier alpha value is -3.24. The fraction of sp³-hybridized carbons (Fsp3) is 0.269. The van der Waals surface area contributed by atoms with E-state index in [0.29, 0.717) is 34.2 Å². The number of amides is 1. The minimum atomic E-state index is -4.45. The average molecular weight is 531 g/mol. The number of nitrogens with zero attached hydrogens (tertiary/aromatic N) is 2. The Kier molecular flexibility index (Phi) is 8.05. The summed E-state index contributed by atoms with van der Waals surface area (Å²) >= 11 is 6.86. The van der Waals surface area contributed by atoms with Crippen molar-refractivity contribution in [2.75, 3.05) is 25.0 Å². The Balaban J connectivity index is 1.43. The number of thiazole rings is 1. The van der Waals surface area contributed by atoms with Gasteiger partial charge in [0.05, 0.1) is 10.6 Å². The predicted octanol–water partition coefficient (Wildman–Crippen LogP) is 6.32. The van der Waals surface area contributed by atoms with Gasteiger partial charge in [0, 0.05) is 42.2 Å². The summed E-state index contributed by atoms with van der Waals surface area (Å²) in [6, 6.07) is 11.8. The van der Waals surface area contributed by atoms with Crippen molar-refractivity contribution in [3.8, 4) is 11.1 Å². The smallest absolute Gasteiger partial charge is 0.359 e. The summed E-state index contributed by atoms with van der Waals surface area (Å²) in [5, 5.41) is 9.30. The lowest BCUT2D eigenvalue weighted by Gasteiger charge is -2.33. The number of carbonyl (C=O) groups is 1. The van der Waals surface area contributed by atoms with Crippen molar-refractivity contribution in [3.05, 3.63) is 82.8 Å². The van der Waals surface area contributed by atoms with E-state index in [1.165, 1.54) is 17.4 Å². The molecule has 4 rings (SSSR count). The Morgan fingerprint density at radius 3 is 2.67 bits per heavy atom. The number of thiocarbonyl (C=S) groups is 1. The van der Waals surface area contributed by atoms with Gasteiger partial charge in [-0.1, -0.05) is 36.4 Å². The molecule has 0 radical (unpaired) electrons. The summed E-state index contributed by atoms with van der Waals surface area (Å²) in [5.74, 6) is -0.156. The Labute approximate surface area is 217 Å². The third kappa shape index (κ3) is 6.11. The van der Waals surface area contributed by atoms with Gasteiger partial charge >= 0.3 is 6.18 Å². The molecule has 2 N–H and O–H groups in total. The van der Waals surface area contributed by atoms with E-state index in [-0.39, 0.29) is 5.92 Å². The third-order valence-electron chi connectivity index (χ3n) is 5.96. The Bertz CT molecular complexity index is 1250. The summed E-state index contributed by atoms with van der Waals surface area (Å²) < 4.78 is 39.6. The lowest BCUT2D eigenvalue weighted by Crippen LogP contribution is -2.43. The summed E-state index contributed by atoms with van der Waals surface area (Å²) in [4.78, 5) is 19.7. The quantitative estimate of drug-likeness (QED) is 0.289. The van der Waals surface area contributed by atoms with Crippen LogP contribution in [-0.2, 0) is 6.18 Å². The van der Waals surface area contributed by atoms with Gasteiger partial charge in [-0.25, -0.2) is 4.98 Å². The highest BCUT2D eigenvalue weighted by molar-refractivity contribution is 7.80. The molecule has 188 valence electrons. The molecule has 1 aromatic heterocycles. The predicted molar refractivity (Wildman–Crippen MR) is 141 cm³/mol. The van der Waals surface area contributed by atoms with Crippen molar-refractivity contribution in [3.63, 3.8) is 0 Å². The zero-order valence-corrected chi connectivity index (χ0v) is 21.0. The molecular weight excluding hydrogens is 505 g/mol. The number of carbonyl (C=O) groups excluding carboxylic acids is 1. The zero-order valence-electron chi connectivity index (χ0n) is 19.3. The molecule has 0 saturated carbocycles. The van der Waals surface area contributed by atoms with Crippen LogP contribution in [0.15, 0.2) is 66.6 Å². The first-order valence-corrected chi connectivity index (χ1v) is 12.7. The molecule has 0 spiro atoms. The second-order valence-corrected chi connectivity index (χ2v) is 9.66. The molecule has 2 heterocycles. The molecule has 10 heteroatoms. The van der Waals surface area contributed by atoms with Crippen LogP contribution in [-0.4, -0.2) is 40.5 Å². The van der Waals surface area contributed by atoms with Gasteiger partial charge in [-0.15, -0.1) is 17.9 Å². The number of alkyl halides is 3. The van der Waals surface area contributed by atoms with Crippen molar-refractivity contribution < 1.29 is 18.0 Å². The van der Waals surface area contributed by atoms with Crippen LogP contribution in [0.2, 0.25) is 0 Å². The second kappa shape index (κ2) is 11.2. The van der Waals surface area contributed by atoms with Crippen molar-refractivity contribution in [1.29, 1.82) is 0 Å². The van der Waals surface area contributed by atoms with Gasteiger partial charge in [0.2, 0.25) is 0 Å². The summed E-state index contributed by atoms with van der Waals surface area (Å²) in [6.07, 6.45) is -0.931. The number of rotatable bonds is 6. The number of benzene rings is 2. The average Bonchev–Trinajstić information content (AvgIpc) is 3.38. The number of piperidine rings is 1. The first-order chi connectivity index (χ1) is 17.3. The maximum atomic E-state index is 13.2. The van der Waals surface area contributed by atoms with Crippen LogP contribution in [0.1, 0.15) is 39.8 Å². The number of halogens is 3. The van der Waals surface area contributed by atoms with E-state index in [0.717, 1.165) is 43.1 Å². The van der Waals surface area contributed by atoms with Gasteiger partial charge in [-0.3, -0.25) is 4.79 Å². The molecule has 3 aromatic rings. The summed E-state index contributed by atoms with van der Waals surface area (Å²) in [7, 11) is 0. The van der Waals surface area contributed by atoms with E-state index in [2.05, 4.69) is 27.1 Å². The van der Waals surface area contributed by atoms with Gasteiger partial charge in [-0.05, 0) is 48.8 Å². The molecule has 1 fully saturated rings. The normalized spacial score (nSPS) is 14.4. The maximum Gasteiger partial charge on any atom is 0.416 e. The number of nitrogens with one attached hydrogen (secondary N) is 2. The molecule has 36 heavy (non-hydrogen) atoms. The topological polar surface area (TPSA) is 57.3 Å². The molecule has 0 bridgehead atoms. The summed E-state index contributed by atoms with van der Waals surface area (Å²) in [6.45, 7) is 5.92. The molecule has 5 nitrogen and oxygen atoms in total. The maximum absolute atomic E-state index is 13.2.